The Morgan fingerprint density at radius 2 is 1.95 bits per heavy atom. The van der Waals surface area contributed by atoms with Crippen molar-refractivity contribution >= 4 is 17.4 Å². The molecule has 5 nitrogen and oxygen atoms in total. The van der Waals surface area contributed by atoms with Crippen LogP contribution in [-0.4, -0.2) is 37.4 Å². The molecule has 2 fully saturated rings. The van der Waals surface area contributed by atoms with E-state index in [1.807, 2.05) is 18.7 Å². The van der Waals surface area contributed by atoms with Crippen molar-refractivity contribution in [3.8, 4) is 0 Å². The van der Waals surface area contributed by atoms with Gasteiger partial charge in [-0.2, -0.15) is 0 Å². The number of hydrogen-bond donors (Lipinski definition) is 2. The minimum absolute atomic E-state index is 0.0743. The highest BCUT2D eigenvalue weighted by molar-refractivity contribution is 5.89. The maximum Gasteiger partial charge on any atom is 0.319 e. The van der Waals surface area contributed by atoms with Gasteiger partial charge >= 0.3 is 6.03 Å². The van der Waals surface area contributed by atoms with E-state index >= 15 is 0 Å². The molecule has 0 radical (unpaired) electrons. The first-order valence-electron chi connectivity index (χ1n) is 7.78. The van der Waals surface area contributed by atoms with E-state index in [9.17, 15) is 9.18 Å². The summed E-state index contributed by atoms with van der Waals surface area (Å²) in [6.07, 6.45) is 2.19. The molecule has 22 heavy (non-hydrogen) atoms. The number of nitrogens with zero attached hydrogens (tertiary/aromatic N) is 1. The van der Waals surface area contributed by atoms with Crippen molar-refractivity contribution in [2.24, 2.45) is 0 Å². The highest BCUT2D eigenvalue weighted by Crippen LogP contribution is 2.26. The summed E-state index contributed by atoms with van der Waals surface area (Å²) in [5.74, 6) is -0.328. The Morgan fingerprint density at radius 1 is 1.27 bits per heavy atom. The molecule has 1 saturated carbocycles. The van der Waals surface area contributed by atoms with Gasteiger partial charge in [-0.15, -0.1) is 0 Å². The van der Waals surface area contributed by atoms with E-state index in [0.29, 0.717) is 24.5 Å². The standard InChI is InChI=1S/C16H22FN3O2/c1-10-8-20(9-11(2)22-10)15-6-5-13(7-14(15)17)19-16(21)18-12-3-4-12/h5-7,10-12H,3-4,8-9H2,1-2H3,(H2,18,19,21)/t10-,11-/m1/s1. The second kappa shape index (κ2) is 6.12. The molecule has 0 spiro atoms. The molecule has 2 aliphatic rings. The van der Waals surface area contributed by atoms with Crippen molar-refractivity contribution in [1.82, 2.24) is 5.32 Å². The van der Waals surface area contributed by atoms with E-state index in [2.05, 4.69) is 10.6 Å². The monoisotopic (exact) mass is 307 g/mol. The Morgan fingerprint density at radius 3 is 2.55 bits per heavy atom. The molecule has 6 heteroatoms. The fourth-order valence-electron chi connectivity index (χ4n) is 2.80. The van der Waals surface area contributed by atoms with Gasteiger partial charge in [0, 0.05) is 24.8 Å². The third-order valence-corrected chi connectivity index (χ3v) is 3.88. The van der Waals surface area contributed by atoms with Crippen LogP contribution < -0.4 is 15.5 Å². The Hall–Kier alpha value is -1.82. The van der Waals surface area contributed by atoms with Gasteiger partial charge in [0.25, 0.3) is 0 Å². The van der Waals surface area contributed by atoms with Crippen LogP contribution in [0.3, 0.4) is 0 Å². The minimum atomic E-state index is -0.328. The second-order valence-corrected chi connectivity index (χ2v) is 6.20. The van der Waals surface area contributed by atoms with Gasteiger partial charge in [0.2, 0.25) is 0 Å². The SMILES string of the molecule is C[C@@H]1CN(c2ccc(NC(=O)NC3CC3)cc2F)C[C@@H](C)O1. The van der Waals surface area contributed by atoms with Gasteiger partial charge in [-0.1, -0.05) is 0 Å². The van der Waals surface area contributed by atoms with Gasteiger partial charge in [0.05, 0.1) is 17.9 Å². The Balaban J connectivity index is 1.67. The summed E-state index contributed by atoms with van der Waals surface area (Å²) in [5, 5.41) is 5.48. The first-order chi connectivity index (χ1) is 10.5. The van der Waals surface area contributed by atoms with Crippen LogP contribution in [0.4, 0.5) is 20.6 Å². The third-order valence-electron chi connectivity index (χ3n) is 3.88. The summed E-state index contributed by atoms with van der Waals surface area (Å²) >= 11 is 0. The lowest BCUT2D eigenvalue weighted by Crippen LogP contribution is -2.45. The Bertz CT molecular complexity index is 552. The van der Waals surface area contributed by atoms with Gasteiger partial charge in [-0.3, -0.25) is 0 Å². The number of anilines is 2. The van der Waals surface area contributed by atoms with Crippen LogP contribution in [0, 0.1) is 5.82 Å². The molecule has 1 aromatic rings. The number of halogens is 1. The van der Waals surface area contributed by atoms with Gasteiger partial charge in [0.15, 0.2) is 0 Å². The summed E-state index contributed by atoms with van der Waals surface area (Å²) < 4.78 is 20.0. The molecule has 0 unspecified atom stereocenters. The normalized spacial score (nSPS) is 25.0. The number of urea groups is 1. The van der Waals surface area contributed by atoms with Gasteiger partial charge in [-0.05, 0) is 44.9 Å². The van der Waals surface area contributed by atoms with Crippen molar-refractivity contribution in [2.75, 3.05) is 23.3 Å². The zero-order chi connectivity index (χ0) is 15.7. The first kappa shape index (κ1) is 15.1. The van der Waals surface area contributed by atoms with Crippen LogP contribution >= 0.6 is 0 Å². The quantitative estimate of drug-likeness (QED) is 0.903. The topological polar surface area (TPSA) is 53.6 Å². The summed E-state index contributed by atoms with van der Waals surface area (Å²) in [5.41, 5.74) is 1.02. The van der Waals surface area contributed by atoms with Gasteiger partial charge in [0.1, 0.15) is 5.82 Å². The number of carbonyl (C=O) groups is 1. The molecule has 2 amide bonds. The van der Waals surface area contributed by atoms with E-state index in [0.717, 1.165) is 12.8 Å². The van der Waals surface area contributed by atoms with Crippen LogP contribution in [0.25, 0.3) is 0 Å². The second-order valence-electron chi connectivity index (χ2n) is 6.20. The number of ether oxygens (including phenoxy) is 1. The number of carbonyl (C=O) groups excluding carboxylic acids is 1. The molecule has 2 N–H and O–H groups in total. The molecule has 1 saturated heterocycles. The highest BCUT2D eigenvalue weighted by Gasteiger charge is 2.25. The van der Waals surface area contributed by atoms with E-state index in [1.54, 1.807) is 12.1 Å². The predicted molar refractivity (Wildman–Crippen MR) is 83.8 cm³/mol. The molecule has 1 aliphatic heterocycles. The van der Waals surface area contributed by atoms with E-state index < -0.39 is 0 Å². The maximum atomic E-state index is 14.4. The molecule has 120 valence electrons. The number of amides is 2. The van der Waals surface area contributed by atoms with Crippen molar-refractivity contribution in [3.05, 3.63) is 24.0 Å². The molecule has 1 heterocycles. The summed E-state index contributed by atoms with van der Waals surface area (Å²) in [6, 6.07) is 4.82. The van der Waals surface area contributed by atoms with Crippen molar-refractivity contribution in [2.45, 2.75) is 44.9 Å². The lowest BCUT2D eigenvalue weighted by molar-refractivity contribution is -0.00539. The average Bonchev–Trinajstić information content (AvgIpc) is 3.21. The molecule has 0 aromatic heterocycles. The summed E-state index contributed by atoms with van der Waals surface area (Å²) in [7, 11) is 0. The van der Waals surface area contributed by atoms with Gasteiger partial charge < -0.3 is 20.3 Å². The number of hydrogen-bond acceptors (Lipinski definition) is 3. The van der Waals surface area contributed by atoms with Crippen molar-refractivity contribution < 1.29 is 13.9 Å². The number of benzene rings is 1. The van der Waals surface area contributed by atoms with Crippen molar-refractivity contribution in [1.29, 1.82) is 0 Å². The summed E-state index contributed by atoms with van der Waals surface area (Å²) in [4.78, 5) is 13.7. The third kappa shape index (κ3) is 3.68. The largest absolute Gasteiger partial charge is 0.372 e. The molecule has 1 aliphatic carbocycles. The van der Waals surface area contributed by atoms with Crippen molar-refractivity contribution in [3.63, 3.8) is 0 Å². The lowest BCUT2D eigenvalue weighted by Gasteiger charge is -2.37. The Labute approximate surface area is 129 Å². The smallest absolute Gasteiger partial charge is 0.319 e. The van der Waals surface area contributed by atoms with E-state index in [-0.39, 0.29) is 30.1 Å². The van der Waals surface area contributed by atoms with Gasteiger partial charge in [-0.25, -0.2) is 9.18 Å². The zero-order valence-electron chi connectivity index (χ0n) is 12.9. The molecular formula is C16H22FN3O2. The van der Waals surface area contributed by atoms with Crippen LogP contribution in [0.1, 0.15) is 26.7 Å². The minimum Gasteiger partial charge on any atom is -0.372 e. The van der Waals surface area contributed by atoms with Crippen LogP contribution in [0.15, 0.2) is 18.2 Å². The number of nitrogens with one attached hydrogen (secondary N) is 2. The van der Waals surface area contributed by atoms with Crippen LogP contribution in [0.2, 0.25) is 0 Å². The van der Waals surface area contributed by atoms with E-state index in [4.69, 9.17) is 4.74 Å². The average molecular weight is 307 g/mol. The zero-order valence-corrected chi connectivity index (χ0v) is 12.9. The van der Waals surface area contributed by atoms with Crippen LogP contribution in [-0.2, 0) is 4.74 Å². The highest BCUT2D eigenvalue weighted by atomic mass is 19.1. The Kier molecular flexibility index (Phi) is 4.20. The van der Waals surface area contributed by atoms with E-state index in [1.165, 1.54) is 6.07 Å². The number of morpholine rings is 1. The van der Waals surface area contributed by atoms with Crippen LogP contribution in [0.5, 0.6) is 0 Å². The number of rotatable bonds is 3. The fraction of sp³-hybridized carbons (Fsp3) is 0.562. The molecule has 1 aromatic carbocycles. The fourth-order valence-corrected chi connectivity index (χ4v) is 2.80. The molecule has 0 bridgehead atoms. The molecular weight excluding hydrogens is 285 g/mol. The lowest BCUT2D eigenvalue weighted by atomic mass is 10.2. The molecule has 2 atom stereocenters. The maximum absolute atomic E-state index is 14.4. The first-order valence-corrected chi connectivity index (χ1v) is 7.78. The summed E-state index contributed by atoms with van der Waals surface area (Å²) in [6.45, 7) is 5.30. The molecule has 3 rings (SSSR count). The predicted octanol–water partition coefficient (Wildman–Crippen LogP) is 2.72.